The fourth-order valence-electron chi connectivity index (χ4n) is 1.87. The summed E-state index contributed by atoms with van der Waals surface area (Å²) in [5.41, 5.74) is -0.671. The second kappa shape index (κ2) is 6.92. The molecule has 0 saturated carbocycles. The van der Waals surface area contributed by atoms with E-state index in [2.05, 4.69) is 4.99 Å². The van der Waals surface area contributed by atoms with Crippen LogP contribution in [0.4, 0.5) is 17.1 Å². The number of nitro groups is 2. The molecule has 0 aliphatic carbocycles. The predicted molar refractivity (Wildman–Crippen MR) is 86.7 cm³/mol. The van der Waals surface area contributed by atoms with Crippen molar-refractivity contribution >= 4 is 34.9 Å². The highest BCUT2D eigenvalue weighted by Gasteiger charge is 2.18. The van der Waals surface area contributed by atoms with E-state index in [9.17, 15) is 25.3 Å². The molecule has 2 rings (SSSR count). The number of hydrogen-bond donors (Lipinski definition) is 1. The standard InChI is InChI=1S/C14H10ClN3O6/c1-24-13-3-2-10(17(20)21)6-11(13)16-7-8-4-9(15)5-12(14(8)19)18(22)23/h2-7,19H,1H3. The van der Waals surface area contributed by atoms with Gasteiger partial charge in [0.05, 0.1) is 17.0 Å². The van der Waals surface area contributed by atoms with Crippen molar-refractivity contribution in [1.82, 2.24) is 0 Å². The number of nitro benzene ring substituents is 2. The summed E-state index contributed by atoms with van der Waals surface area (Å²) >= 11 is 5.78. The lowest BCUT2D eigenvalue weighted by atomic mass is 10.2. The van der Waals surface area contributed by atoms with Gasteiger partial charge in [0.15, 0.2) is 0 Å². The minimum Gasteiger partial charge on any atom is -0.502 e. The lowest BCUT2D eigenvalue weighted by Crippen LogP contribution is -1.93. The van der Waals surface area contributed by atoms with Crippen LogP contribution >= 0.6 is 11.6 Å². The largest absolute Gasteiger partial charge is 0.502 e. The molecule has 9 nitrogen and oxygen atoms in total. The summed E-state index contributed by atoms with van der Waals surface area (Å²) in [6.07, 6.45) is 1.11. The van der Waals surface area contributed by atoms with E-state index in [0.29, 0.717) is 0 Å². The number of aromatic hydroxyl groups is 1. The summed E-state index contributed by atoms with van der Waals surface area (Å²) in [5, 5.41) is 31.6. The molecule has 124 valence electrons. The van der Waals surface area contributed by atoms with E-state index in [1.54, 1.807) is 0 Å². The quantitative estimate of drug-likeness (QED) is 0.497. The van der Waals surface area contributed by atoms with Crippen LogP contribution in [0.5, 0.6) is 11.5 Å². The van der Waals surface area contributed by atoms with Crippen molar-refractivity contribution in [1.29, 1.82) is 0 Å². The molecule has 0 fully saturated rings. The first-order valence-corrected chi connectivity index (χ1v) is 6.74. The zero-order valence-corrected chi connectivity index (χ0v) is 12.9. The zero-order valence-electron chi connectivity index (χ0n) is 12.2. The summed E-state index contributed by atoms with van der Waals surface area (Å²) < 4.78 is 5.05. The average Bonchev–Trinajstić information content (AvgIpc) is 2.54. The highest BCUT2D eigenvalue weighted by atomic mass is 35.5. The Morgan fingerprint density at radius 2 is 1.92 bits per heavy atom. The first-order valence-electron chi connectivity index (χ1n) is 6.37. The van der Waals surface area contributed by atoms with Crippen LogP contribution in [0.1, 0.15) is 5.56 Å². The number of hydrogen-bond acceptors (Lipinski definition) is 7. The molecule has 0 bridgehead atoms. The third kappa shape index (κ3) is 3.58. The van der Waals surface area contributed by atoms with Crippen LogP contribution in [0.2, 0.25) is 5.02 Å². The number of phenols is 1. The molecular weight excluding hydrogens is 342 g/mol. The number of aliphatic imine (C=N–C) groups is 1. The Morgan fingerprint density at radius 1 is 1.21 bits per heavy atom. The Labute approximate surface area is 140 Å². The highest BCUT2D eigenvalue weighted by Crippen LogP contribution is 2.34. The van der Waals surface area contributed by atoms with Gasteiger partial charge in [-0.05, 0) is 12.1 Å². The minimum atomic E-state index is -0.785. The maximum atomic E-state index is 10.9. The van der Waals surface area contributed by atoms with Crippen molar-refractivity contribution in [3.8, 4) is 11.5 Å². The van der Waals surface area contributed by atoms with Gasteiger partial charge in [0, 0.05) is 35.0 Å². The third-order valence-electron chi connectivity index (χ3n) is 3.00. The first-order chi connectivity index (χ1) is 11.3. The minimum absolute atomic E-state index is 0.0113. The molecular formula is C14H10ClN3O6. The number of ether oxygens (including phenoxy) is 1. The number of methoxy groups -OCH3 is 1. The monoisotopic (exact) mass is 351 g/mol. The van der Waals surface area contributed by atoms with Crippen LogP contribution in [0.25, 0.3) is 0 Å². The molecule has 0 aromatic heterocycles. The lowest BCUT2D eigenvalue weighted by molar-refractivity contribution is -0.385. The number of nitrogens with zero attached hydrogens (tertiary/aromatic N) is 3. The Hall–Kier alpha value is -3.20. The maximum absolute atomic E-state index is 10.9. The normalized spacial score (nSPS) is 10.8. The Balaban J connectivity index is 2.50. The van der Waals surface area contributed by atoms with Crippen LogP contribution in [0.3, 0.4) is 0 Å². The van der Waals surface area contributed by atoms with Gasteiger partial charge >= 0.3 is 5.69 Å². The number of halogens is 1. The summed E-state index contributed by atoms with van der Waals surface area (Å²) in [5.74, 6) is -0.356. The molecule has 24 heavy (non-hydrogen) atoms. The van der Waals surface area contributed by atoms with Crippen molar-refractivity contribution < 1.29 is 19.7 Å². The predicted octanol–water partition coefficient (Wildman–Crippen LogP) is 3.62. The van der Waals surface area contributed by atoms with Crippen molar-refractivity contribution in [3.63, 3.8) is 0 Å². The number of phenolic OH excluding ortho intramolecular Hbond substituents is 1. The van der Waals surface area contributed by atoms with Gasteiger partial charge < -0.3 is 9.84 Å². The lowest BCUT2D eigenvalue weighted by Gasteiger charge is -2.04. The molecule has 0 spiro atoms. The van der Waals surface area contributed by atoms with Crippen LogP contribution in [-0.4, -0.2) is 28.3 Å². The first kappa shape index (κ1) is 17.2. The number of non-ortho nitro benzene ring substituents is 1. The fourth-order valence-corrected chi connectivity index (χ4v) is 2.10. The van der Waals surface area contributed by atoms with E-state index in [0.717, 1.165) is 12.3 Å². The van der Waals surface area contributed by atoms with Gasteiger partial charge in [-0.2, -0.15) is 0 Å². The fraction of sp³-hybridized carbons (Fsp3) is 0.0714. The molecule has 0 amide bonds. The molecule has 0 radical (unpaired) electrons. The SMILES string of the molecule is COc1ccc([N+](=O)[O-])cc1N=Cc1cc(Cl)cc([N+](=O)[O-])c1O. The number of benzene rings is 2. The van der Waals surface area contributed by atoms with E-state index in [4.69, 9.17) is 16.3 Å². The molecule has 0 heterocycles. The van der Waals surface area contributed by atoms with Gasteiger partial charge in [-0.1, -0.05) is 11.6 Å². The molecule has 1 N–H and O–H groups in total. The molecule has 2 aromatic carbocycles. The van der Waals surface area contributed by atoms with Gasteiger partial charge in [0.2, 0.25) is 5.75 Å². The van der Waals surface area contributed by atoms with Crippen LogP contribution in [0, 0.1) is 20.2 Å². The summed E-state index contributed by atoms with van der Waals surface area (Å²) in [4.78, 5) is 24.3. The van der Waals surface area contributed by atoms with E-state index >= 15 is 0 Å². The van der Waals surface area contributed by atoms with Gasteiger partial charge in [-0.25, -0.2) is 0 Å². The van der Waals surface area contributed by atoms with Crippen LogP contribution < -0.4 is 4.74 Å². The molecule has 0 unspecified atom stereocenters. The van der Waals surface area contributed by atoms with E-state index < -0.39 is 21.3 Å². The van der Waals surface area contributed by atoms with Gasteiger partial charge in [-0.15, -0.1) is 0 Å². The van der Waals surface area contributed by atoms with Gasteiger partial charge in [0.25, 0.3) is 5.69 Å². The second-order valence-corrected chi connectivity index (χ2v) is 4.93. The third-order valence-corrected chi connectivity index (χ3v) is 3.21. The number of rotatable bonds is 5. The van der Waals surface area contributed by atoms with Crippen molar-refractivity contribution in [3.05, 3.63) is 61.1 Å². The molecule has 0 saturated heterocycles. The molecule has 0 aliphatic rings. The maximum Gasteiger partial charge on any atom is 0.312 e. The molecule has 0 atom stereocenters. The van der Waals surface area contributed by atoms with Crippen molar-refractivity contribution in [2.45, 2.75) is 0 Å². The summed E-state index contributed by atoms with van der Waals surface area (Å²) in [6, 6.07) is 6.06. The van der Waals surface area contributed by atoms with Crippen molar-refractivity contribution in [2.24, 2.45) is 4.99 Å². The van der Waals surface area contributed by atoms with Crippen LogP contribution in [0.15, 0.2) is 35.3 Å². The van der Waals surface area contributed by atoms with Crippen molar-refractivity contribution in [2.75, 3.05) is 7.11 Å². The smallest absolute Gasteiger partial charge is 0.312 e. The molecule has 2 aromatic rings. The van der Waals surface area contributed by atoms with Gasteiger partial charge in [-0.3, -0.25) is 25.2 Å². The van der Waals surface area contributed by atoms with E-state index in [1.165, 1.54) is 31.4 Å². The van der Waals surface area contributed by atoms with Gasteiger partial charge in [0.1, 0.15) is 11.4 Å². The Bertz CT molecular complexity index is 853. The molecule has 10 heteroatoms. The Morgan fingerprint density at radius 3 is 2.50 bits per heavy atom. The zero-order chi connectivity index (χ0) is 17.9. The topological polar surface area (TPSA) is 128 Å². The van der Waals surface area contributed by atoms with E-state index in [1.807, 2.05) is 0 Å². The molecule has 0 aliphatic heterocycles. The second-order valence-electron chi connectivity index (χ2n) is 4.49. The summed E-state index contributed by atoms with van der Waals surface area (Å²) in [6.45, 7) is 0. The van der Waals surface area contributed by atoms with Crippen LogP contribution in [-0.2, 0) is 0 Å². The highest BCUT2D eigenvalue weighted by molar-refractivity contribution is 6.31. The van der Waals surface area contributed by atoms with E-state index in [-0.39, 0.29) is 27.7 Å². The Kier molecular flexibility index (Phi) is 4.95. The summed E-state index contributed by atoms with van der Waals surface area (Å²) in [7, 11) is 1.36. The average molecular weight is 352 g/mol.